The van der Waals surface area contributed by atoms with Gasteiger partial charge in [0.15, 0.2) is 0 Å². The number of nitrogens with zero attached hydrogens (tertiary/aromatic N) is 4. The Morgan fingerprint density at radius 3 is 2.70 bits per heavy atom. The van der Waals surface area contributed by atoms with E-state index in [0.717, 1.165) is 32.4 Å². The molecule has 0 bridgehead atoms. The van der Waals surface area contributed by atoms with Gasteiger partial charge in [-0.05, 0) is 38.5 Å². The van der Waals surface area contributed by atoms with E-state index in [1.807, 2.05) is 32.8 Å². The lowest BCUT2D eigenvalue weighted by molar-refractivity contribution is 0.00536. The molecular formula is C14H26N4O2. The fraction of sp³-hybridized carbons (Fsp3) is 0.857. The van der Waals surface area contributed by atoms with E-state index in [1.165, 1.54) is 0 Å². The van der Waals surface area contributed by atoms with Gasteiger partial charge in [0.2, 0.25) is 5.89 Å². The molecule has 114 valence electrons. The Labute approximate surface area is 120 Å². The number of aromatic nitrogens is 2. The zero-order valence-corrected chi connectivity index (χ0v) is 13.0. The molecule has 2 rings (SSSR count). The summed E-state index contributed by atoms with van der Waals surface area (Å²) in [6.45, 7) is 6.41. The Kier molecular flexibility index (Phi) is 4.65. The first-order valence-electron chi connectivity index (χ1n) is 7.35. The first kappa shape index (κ1) is 15.3. The van der Waals surface area contributed by atoms with Gasteiger partial charge in [-0.15, -0.1) is 0 Å². The van der Waals surface area contributed by atoms with Crippen LogP contribution in [0.4, 0.5) is 5.95 Å². The quantitative estimate of drug-likeness (QED) is 0.902. The minimum absolute atomic E-state index is 0.244. The SMILES string of the molecule is CC(C)c1nc(N2CCCC(O)(CN(C)C)CC2)no1. The summed E-state index contributed by atoms with van der Waals surface area (Å²) < 4.78 is 5.26. The van der Waals surface area contributed by atoms with Gasteiger partial charge in [0.05, 0.1) is 5.60 Å². The van der Waals surface area contributed by atoms with E-state index in [4.69, 9.17) is 4.52 Å². The molecule has 1 unspecified atom stereocenters. The Morgan fingerprint density at radius 1 is 1.35 bits per heavy atom. The molecule has 1 aliphatic heterocycles. The second kappa shape index (κ2) is 6.10. The lowest BCUT2D eigenvalue weighted by Crippen LogP contribution is -2.41. The first-order chi connectivity index (χ1) is 9.39. The van der Waals surface area contributed by atoms with Gasteiger partial charge in [0, 0.05) is 25.6 Å². The monoisotopic (exact) mass is 282 g/mol. The second-order valence-electron chi connectivity index (χ2n) is 6.39. The summed E-state index contributed by atoms with van der Waals surface area (Å²) >= 11 is 0. The molecule has 20 heavy (non-hydrogen) atoms. The predicted octanol–water partition coefficient (Wildman–Crippen LogP) is 1.48. The number of likely N-dealkylation sites (N-methyl/N-ethyl adjacent to an activating group) is 1. The van der Waals surface area contributed by atoms with Crippen LogP contribution in [0.15, 0.2) is 4.52 Å². The third kappa shape index (κ3) is 3.70. The number of hydrogen-bond acceptors (Lipinski definition) is 6. The molecule has 0 spiro atoms. The topological polar surface area (TPSA) is 65.6 Å². The van der Waals surface area contributed by atoms with E-state index in [1.54, 1.807) is 0 Å². The molecule has 1 fully saturated rings. The summed E-state index contributed by atoms with van der Waals surface area (Å²) in [5.41, 5.74) is -0.608. The van der Waals surface area contributed by atoms with Gasteiger partial charge in [-0.3, -0.25) is 0 Å². The second-order valence-corrected chi connectivity index (χ2v) is 6.39. The lowest BCUT2D eigenvalue weighted by Gasteiger charge is -2.29. The highest BCUT2D eigenvalue weighted by Crippen LogP contribution is 2.25. The van der Waals surface area contributed by atoms with Crippen LogP contribution in [0.1, 0.15) is 44.9 Å². The van der Waals surface area contributed by atoms with Crippen molar-refractivity contribution in [3.63, 3.8) is 0 Å². The Hall–Kier alpha value is -1.14. The number of rotatable bonds is 4. The molecule has 0 aromatic carbocycles. The summed E-state index contributed by atoms with van der Waals surface area (Å²) in [4.78, 5) is 8.60. The summed E-state index contributed by atoms with van der Waals surface area (Å²) in [7, 11) is 3.99. The number of hydrogen-bond donors (Lipinski definition) is 1. The predicted molar refractivity (Wildman–Crippen MR) is 78.0 cm³/mol. The molecule has 0 saturated carbocycles. The van der Waals surface area contributed by atoms with Crippen LogP contribution in [0, 0.1) is 0 Å². The molecule has 6 heteroatoms. The fourth-order valence-corrected chi connectivity index (χ4v) is 2.72. The van der Waals surface area contributed by atoms with Crippen LogP contribution in [-0.2, 0) is 0 Å². The maximum atomic E-state index is 10.6. The third-order valence-corrected chi connectivity index (χ3v) is 3.74. The molecule has 1 aliphatic rings. The third-order valence-electron chi connectivity index (χ3n) is 3.74. The molecule has 0 aliphatic carbocycles. The zero-order chi connectivity index (χ0) is 14.8. The van der Waals surface area contributed by atoms with Gasteiger partial charge in [-0.1, -0.05) is 13.8 Å². The standard InChI is InChI=1S/C14H26N4O2/c1-11(2)12-15-13(16-20-12)18-8-5-6-14(19,7-9-18)10-17(3)4/h11,19H,5-10H2,1-4H3. The maximum absolute atomic E-state index is 10.6. The summed E-state index contributed by atoms with van der Waals surface area (Å²) in [5, 5.41) is 14.7. The summed E-state index contributed by atoms with van der Waals surface area (Å²) in [5.74, 6) is 1.57. The normalized spacial score (nSPS) is 24.4. The molecule has 0 amide bonds. The highest BCUT2D eigenvalue weighted by atomic mass is 16.5. The molecule has 1 aromatic rings. The van der Waals surface area contributed by atoms with E-state index in [0.29, 0.717) is 18.4 Å². The average molecular weight is 282 g/mol. The molecule has 0 radical (unpaired) electrons. The van der Waals surface area contributed by atoms with Crippen LogP contribution in [0.3, 0.4) is 0 Å². The molecule has 6 nitrogen and oxygen atoms in total. The maximum Gasteiger partial charge on any atom is 0.266 e. The number of anilines is 1. The van der Waals surface area contributed by atoms with E-state index in [-0.39, 0.29) is 5.92 Å². The van der Waals surface area contributed by atoms with Crippen molar-refractivity contribution in [3.8, 4) is 0 Å². The molecular weight excluding hydrogens is 256 g/mol. The molecule has 1 saturated heterocycles. The van der Waals surface area contributed by atoms with Crippen molar-refractivity contribution in [1.29, 1.82) is 0 Å². The van der Waals surface area contributed by atoms with Crippen LogP contribution in [0.2, 0.25) is 0 Å². The van der Waals surface area contributed by atoms with E-state index in [9.17, 15) is 5.11 Å². The van der Waals surface area contributed by atoms with E-state index >= 15 is 0 Å². The lowest BCUT2D eigenvalue weighted by atomic mass is 9.94. The van der Waals surface area contributed by atoms with Crippen LogP contribution >= 0.6 is 0 Å². The van der Waals surface area contributed by atoms with E-state index < -0.39 is 5.60 Å². The van der Waals surface area contributed by atoms with Crippen LogP contribution in [-0.4, -0.2) is 59.5 Å². The zero-order valence-electron chi connectivity index (χ0n) is 13.0. The van der Waals surface area contributed by atoms with Crippen molar-refractivity contribution < 1.29 is 9.63 Å². The van der Waals surface area contributed by atoms with Crippen molar-refractivity contribution >= 4 is 5.95 Å². The Morgan fingerprint density at radius 2 is 2.10 bits per heavy atom. The van der Waals surface area contributed by atoms with E-state index in [2.05, 4.69) is 15.0 Å². The smallest absolute Gasteiger partial charge is 0.266 e. The van der Waals surface area contributed by atoms with Crippen LogP contribution in [0.5, 0.6) is 0 Å². The van der Waals surface area contributed by atoms with Gasteiger partial charge < -0.3 is 19.4 Å². The average Bonchev–Trinajstić information content (AvgIpc) is 2.75. The highest BCUT2D eigenvalue weighted by Gasteiger charge is 2.31. The molecule has 2 heterocycles. The van der Waals surface area contributed by atoms with Crippen molar-refractivity contribution in [2.24, 2.45) is 0 Å². The minimum Gasteiger partial charge on any atom is -0.388 e. The van der Waals surface area contributed by atoms with Gasteiger partial charge in [0.1, 0.15) is 0 Å². The Balaban J connectivity index is 2.01. The largest absolute Gasteiger partial charge is 0.388 e. The van der Waals surface area contributed by atoms with Gasteiger partial charge >= 0.3 is 0 Å². The van der Waals surface area contributed by atoms with Crippen molar-refractivity contribution in [2.75, 3.05) is 38.6 Å². The van der Waals surface area contributed by atoms with Gasteiger partial charge in [0.25, 0.3) is 5.95 Å². The minimum atomic E-state index is -0.608. The highest BCUT2D eigenvalue weighted by molar-refractivity contribution is 5.28. The van der Waals surface area contributed by atoms with Crippen molar-refractivity contribution in [2.45, 2.75) is 44.6 Å². The first-order valence-corrected chi connectivity index (χ1v) is 7.35. The fourth-order valence-electron chi connectivity index (χ4n) is 2.72. The Bertz CT molecular complexity index is 433. The summed E-state index contributed by atoms with van der Waals surface area (Å²) in [6.07, 6.45) is 2.49. The van der Waals surface area contributed by atoms with Gasteiger partial charge in [-0.25, -0.2) is 0 Å². The van der Waals surface area contributed by atoms with Crippen LogP contribution < -0.4 is 4.90 Å². The summed E-state index contributed by atoms with van der Waals surface area (Å²) in [6, 6.07) is 0. The molecule has 1 N–H and O–H groups in total. The van der Waals surface area contributed by atoms with Crippen molar-refractivity contribution in [1.82, 2.24) is 15.0 Å². The van der Waals surface area contributed by atoms with Crippen LogP contribution in [0.25, 0.3) is 0 Å². The number of aliphatic hydroxyl groups is 1. The molecule has 1 atom stereocenters. The van der Waals surface area contributed by atoms with Crippen molar-refractivity contribution in [3.05, 3.63) is 5.89 Å². The van der Waals surface area contributed by atoms with Gasteiger partial charge in [-0.2, -0.15) is 4.98 Å². The molecule has 1 aromatic heterocycles.